The minimum atomic E-state index is -0.166. The van der Waals surface area contributed by atoms with E-state index in [9.17, 15) is 5.26 Å². The van der Waals surface area contributed by atoms with Gasteiger partial charge in [-0.25, -0.2) is 0 Å². The van der Waals surface area contributed by atoms with Crippen LogP contribution in [0, 0.1) is 23.7 Å². The van der Waals surface area contributed by atoms with E-state index in [4.69, 9.17) is 0 Å². The molecule has 1 aliphatic rings. The number of nitriles is 1. The number of rotatable bonds is 1. The summed E-state index contributed by atoms with van der Waals surface area (Å²) in [5.41, 5.74) is 5.96. The van der Waals surface area contributed by atoms with Crippen molar-refractivity contribution >= 4 is 21.8 Å². The number of benzene rings is 2. The summed E-state index contributed by atoms with van der Waals surface area (Å²) in [6.45, 7) is 8.35. The van der Waals surface area contributed by atoms with Crippen LogP contribution in [0.2, 0.25) is 0 Å². The molecular formula is C21H20N2. The summed E-state index contributed by atoms with van der Waals surface area (Å²) < 4.78 is 0. The maximum Gasteiger partial charge on any atom is 0.0810 e. The highest BCUT2D eigenvalue weighted by Gasteiger charge is 2.39. The molecule has 0 amide bonds. The molecule has 114 valence electrons. The van der Waals surface area contributed by atoms with Crippen LogP contribution >= 0.6 is 0 Å². The fourth-order valence-electron chi connectivity index (χ4n) is 4.18. The highest BCUT2D eigenvalue weighted by Crippen LogP contribution is 2.50. The van der Waals surface area contributed by atoms with Gasteiger partial charge in [-0.05, 0) is 48.6 Å². The van der Waals surface area contributed by atoms with E-state index in [-0.39, 0.29) is 11.3 Å². The van der Waals surface area contributed by atoms with Gasteiger partial charge in [0.25, 0.3) is 0 Å². The smallest absolute Gasteiger partial charge is 0.0810 e. The first-order valence-corrected chi connectivity index (χ1v) is 8.15. The zero-order valence-electron chi connectivity index (χ0n) is 13.6. The van der Waals surface area contributed by atoms with Crippen LogP contribution < -0.4 is 0 Å². The fourth-order valence-corrected chi connectivity index (χ4v) is 4.18. The molecule has 2 atom stereocenters. The Hall–Kier alpha value is -2.53. The van der Waals surface area contributed by atoms with E-state index in [2.05, 4.69) is 55.7 Å². The predicted molar refractivity (Wildman–Crippen MR) is 95.5 cm³/mol. The van der Waals surface area contributed by atoms with Gasteiger partial charge in [-0.1, -0.05) is 31.2 Å². The van der Waals surface area contributed by atoms with Gasteiger partial charge in [-0.3, -0.25) is 0 Å². The molecule has 0 bridgehead atoms. The molecule has 2 aromatic carbocycles. The number of aryl methyl sites for hydroxylation is 1. The summed E-state index contributed by atoms with van der Waals surface area (Å²) in [6.07, 6.45) is 3.97. The average molecular weight is 300 g/mol. The monoisotopic (exact) mass is 300 g/mol. The quantitative estimate of drug-likeness (QED) is 0.602. The largest absolute Gasteiger partial charge is 0.354 e. The lowest BCUT2D eigenvalue weighted by Gasteiger charge is -2.38. The highest BCUT2D eigenvalue weighted by atomic mass is 14.7. The van der Waals surface area contributed by atoms with Crippen LogP contribution in [-0.2, 0) is 6.42 Å². The van der Waals surface area contributed by atoms with E-state index >= 15 is 0 Å². The van der Waals surface area contributed by atoms with Gasteiger partial charge in [0.05, 0.1) is 12.0 Å². The lowest BCUT2D eigenvalue weighted by atomic mass is 9.64. The standard InChI is InChI=1S/C21H20N2/c1-4-21(3)10-9-14-13(2)11-18-20(19(14)16(21)12-22)15-7-5-6-8-17(15)23-18/h4-8,11,16,23H,1,9-10H2,2-3H3/t16-,21+/m0/s1. The maximum atomic E-state index is 9.96. The molecule has 2 nitrogen and oxygen atoms in total. The Morgan fingerprint density at radius 2 is 2.13 bits per heavy atom. The highest BCUT2D eigenvalue weighted by molar-refractivity contribution is 6.10. The Morgan fingerprint density at radius 3 is 2.87 bits per heavy atom. The van der Waals surface area contributed by atoms with Gasteiger partial charge in [0.1, 0.15) is 0 Å². The van der Waals surface area contributed by atoms with Gasteiger partial charge in [-0.15, -0.1) is 6.58 Å². The Kier molecular flexibility index (Phi) is 2.90. The minimum absolute atomic E-state index is 0.148. The molecular weight excluding hydrogens is 280 g/mol. The van der Waals surface area contributed by atoms with Crippen LogP contribution in [0.15, 0.2) is 43.0 Å². The molecule has 0 aliphatic heterocycles. The summed E-state index contributed by atoms with van der Waals surface area (Å²) in [5, 5.41) is 12.4. The summed E-state index contributed by atoms with van der Waals surface area (Å²) in [4.78, 5) is 3.52. The Bertz CT molecular complexity index is 986. The van der Waals surface area contributed by atoms with Crippen LogP contribution in [0.1, 0.15) is 36.0 Å². The van der Waals surface area contributed by atoms with E-state index in [1.807, 2.05) is 12.1 Å². The number of nitrogens with zero attached hydrogens (tertiary/aromatic N) is 1. The van der Waals surface area contributed by atoms with Crippen molar-refractivity contribution in [1.82, 2.24) is 4.98 Å². The first kappa shape index (κ1) is 14.1. The van der Waals surface area contributed by atoms with E-state index < -0.39 is 0 Å². The molecule has 3 aromatic rings. The lowest BCUT2D eigenvalue weighted by Crippen LogP contribution is -2.29. The van der Waals surface area contributed by atoms with Gasteiger partial charge < -0.3 is 4.98 Å². The molecule has 0 saturated carbocycles. The fraction of sp³-hybridized carbons (Fsp3) is 0.286. The number of H-pyrrole nitrogens is 1. The normalized spacial score (nSPS) is 23.6. The topological polar surface area (TPSA) is 39.6 Å². The van der Waals surface area contributed by atoms with Crippen LogP contribution in [0.5, 0.6) is 0 Å². The van der Waals surface area contributed by atoms with Crippen molar-refractivity contribution in [2.24, 2.45) is 5.41 Å². The minimum Gasteiger partial charge on any atom is -0.354 e. The third-order valence-electron chi connectivity index (χ3n) is 5.62. The number of aromatic amines is 1. The summed E-state index contributed by atoms with van der Waals surface area (Å²) in [5.74, 6) is -0.148. The van der Waals surface area contributed by atoms with Crippen molar-refractivity contribution in [3.8, 4) is 6.07 Å². The number of nitrogens with one attached hydrogen (secondary N) is 1. The Balaban J connectivity index is 2.19. The predicted octanol–water partition coefficient (Wildman–Crippen LogP) is 5.38. The molecule has 1 N–H and O–H groups in total. The second kappa shape index (κ2) is 4.73. The molecule has 4 rings (SSSR count). The van der Waals surface area contributed by atoms with Crippen molar-refractivity contribution < 1.29 is 0 Å². The second-order valence-corrected chi connectivity index (χ2v) is 6.95. The van der Waals surface area contributed by atoms with Crippen molar-refractivity contribution in [2.45, 2.75) is 32.6 Å². The van der Waals surface area contributed by atoms with Gasteiger partial charge in [0.15, 0.2) is 0 Å². The van der Waals surface area contributed by atoms with Gasteiger partial charge in [0, 0.05) is 27.2 Å². The average Bonchev–Trinajstić information content (AvgIpc) is 2.92. The third-order valence-corrected chi connectivity index (χ3v) is 5.62. The summed E-state index contributed by atoms with van der Waals surface area (Å²) in [7, 11) is 0. The Labute approximate surface area is 136 Å². The molecule has 1 aliphatic carbocycles. The SMILES string of the molecule is C=C[C@]1(C)CCc2c(C)cc3[nH]c4ccccc4c3c2[C@@H]1C#N. The first-order chi connectivity index (χ1) is 11.1. The molecule has 0 unspecified atom stereocenters. The second-order valence-electron chi connectivity index (χ2n) is 6.95. The van der Waals surface area contributed by atoms with Gasteiger partial charge in [-0.2, -0.15) is 5.26 Å². The molecule has 0 radical (unpaired) electrons. The Morgan fingerprint density at radius 1 is 1.35 bits per heavy atom. The van der Waals surface area contributed by atoms with E-state index in [1.54, 1.807) is 0 Å². The molecule has 1 heterocycles. The van der Waals surface area contributed by atoms with Crippen molar-refractivity contribution in [1.29, 1.82) is 5.26 Å². The number of hydrogen-bond donors (Lipinski definition) is 1. The molecule has 1 aromatic heterocycles. The molecule has 23 heavy (non-hydrogen) atoms. The lowest BCUT2D eigenvalue weighted by molar-refractivity contribution is 0.337. The van der Waals surface area contributed by atoms with Crippen molar-refractivity contribution in [3.05, 3.63) is 59.7 Å². The van der Waals surface area contributed by atoms with Gasteiger partial charge >= 0.3 is 0 Å². The zero-order valence-corrected chi connectivity index (χ0v) is 13.6. The van der Waals surface area contributed by atoms with E-state index in [0.717, 1.165) is 23.9 Å². The maximum absolute atomic E-state index is 9.96. The molecule has 0 spiro atoms. The van der Waals surface area contributed by atoms with Crippen molar-refractivity contribution in [2.75, 3.05) is 0 Å². The zero-order chi connectivity index (χ0) is 16.2. The van der Waals surface area contributed by atoms with Crippen LogP contribution in [-0.4, -0.2) is 4.98 Å². The third kappa shape index (κ3) is 1.80. The van der Waals surface area contributed by atoms with E-state index in [0.29, 0.717) is 0 Å². The molecule has 0 fully saturated rings. The van der Waals surface area contributed by atoms with Gasteiger partial charge in [0.2, 0.25) is 0 Å². The number of allylic oxidation sites excluding steroid dienone is 1. The number of fused-ring (bicyclic) bond motifs is 5. The van der Waals surface area contributed by atoms with Crippen LogP contribution in [0.3, 0.4) is 0 Å². The van der Waals surface area contributed by atoms with Crippen LogP contribution in [0.25, 0.3) is 21.8 Å². The molecule has 0 saturated heterocycles. The van der Waals surface area contributed by atoms with E-state index in [1.165, 1.54) is 27.5 Å². The summed E-state index contributed by atoms with van der Waals surface area (Å²) in [6, 6.07) is 13.2. The summed E-state index contributed by atoms with van der Waals surface area (Å²) >= 11 is 0. The molecule has 2 heteroatoms. The first-order valence-electron chi connectivity index (χ1n) is 8.15. The van der Waals surface area contributed by atoms with Crippen molar-refractivity contribution in [3.63, 3.8) is 0 Å². The number of para-hydroxylation sites is 1. The number of hydrogen-bond acceptors (Lipinski definition) is 1. The van der Waals surface area contributed by atoms with Crippen LogP contribution in [0.4, 0.5) is 0 Å². The number of aromatic nitrogens is 1.